The van der Waals surface area contributed by atoms with Crippen LogP contribution >= 0.6 is 0 Å². The lowest BCUT2D eigenvalue weighted by Crippen LogP contribution is -2.09. The average Bonchev–Trinajstić information content (AvgIpc) is 2.80. The molecule has 0 saturated heterocycles. The molecule has 2 heterocycles. The summed E-state index contributed by atoms with van der Waals surface area (Å²) in [4.78, 5) is 15.2. The van der Waals surface area contributed by atoms with Crippen molar-refractivity contribution in [2.75, 3.05) is 14.2 Å². The highest BCUT2D eigenvalue weighted by atomic mass is 16.5. The Hall–Kier alpha value is -2.57. The van der Waals surface area contributed by atoms with Gasteiger partial charge in [-0.15, -0.1) is 0 Å². The number of rotatable bonds is 5. The molecule has 0 fully saturated rings. The van der Waals surface area contributed by atoms with Crippen molar-refractivity contribution in [2.45, 2.75) is 13.5 Å². The molecule has 0 spiro atoms. The Morgan fingerprint density at radius 2 is 2.15 bits per heavy atom. The first-order chi connectivity index (χ1) is 9.58. The van der Waals surface area contributed by atoms with E-state index in [1.165, 1.54) is 13.3 Å². The number of methoxy groups -OCH3 is 2. The maximum absolute atomic E-state index is 11.0. The third-order valence-electron chi connectivity index (χ3n) is 3.00. The second kappa shape index (κ2) is 5.60. The molecule has 1 N–H and O–H groups in total. The van der Waals surface area contributed by atoms with Crippen molar-refractivity contribution >= 4 is 5.97 Å². The summed E-state index contributed by atoms with van der Waals surface area (Å²) >= 11 is 0. The standard InChI is InChI=1S/C13H15N3O4/c1-8-9(13(17)18)6-15-16(8)7-10-12(20-3)11(19-2)4-5-14-10/h4-6H,7H2,1-3H3,(H,17,18). The fourth-order valence-corrected chi connectivity index (χ4v) is 1.92. The maximum Gasteiger partial charge on any atom is 0.339 e. The van der Waals surface area contributed by atoms with Gasteiger partial charge in [0, 0.05) is 12.3 Å². The first-order valence-electron chi connectivity index (χ1n) is 5.90. The smallest absolute Gasteiger partial charge is 0.339 e. The van der Waals surface area contributed by atoms with Crippen LogP contribution in [0, 0.1) is 6.92 Å². The highest BCUT2D eigenvalue weighted by Gasteiger charge is 2.16. The molecule has 2 aromatic heterocycles. The summed E-state index contributed by atoms with van der Waals surface area (Å²) in [7, 11) is 3.07. The molecule has 0 atom stereocenters. The number of hydrogen-bond acceptors (Lipinski definition) is 5. The van der Waals surface area contributed by atoms with Gasteiger partial charge in [-0.3, -0.25) is 9.67 Å². The van der Waals surface area contributed by atoms with E-state index in [9.17, 15) is 4.79 Å². The molecule has 0 aliphatic heterocycles. The SMILES string of the molecule is COc1ccnc(Cn2ncc(C(=O)O)c2C)c1OC. The molecular formula is C13H15N3O4. The summed E-state index contributed by atoms with van der Waals surface area (Å²) in [5.41, 5.74) is 1.35. The van der Waals surface area contributed by atoms with Crippen molar-refractivity contribution in [1.82, 2.24) is 14.8 Å². The highest BCUT2D eigenvalue weighted by molar-refractivity contribution is 5.88. The molecule has 0 unspecified atom stereocenters. The van der Waals surface area contributed by atoms with Crippen LogP contribution < -0.4 is 9.47 Å². The molecule has 7 heteroatoms. The summed E-state index contributed by atoms with van der Waals surface area (Å²) < 4.78 is 12.1. The van der Waals surface area contributed by atoms with Gasteiger partial charge >= 0.3 is 5.97 Å². The van der Waals surface area contributed by atoms with E-state index in [4.69, 9.17) is 14.6 Å². The molecular weight excluding hydrogens is 262 g/mol. The number of ether oxygens (including phenoxy) is 2. The minimum atomic E-state index is -1.00. The van der Waals surface area contributed by atoms with Gasteiger partial charge in [0.05, 0.1) is 32.7 Å². The number of carboxylic acid groups (broad SMARTS) is 1. The second-order valence-electron chi connectivity index (χ2n) is 4.10. The van der Waals surface area contributed by atoms with Crippen LogP contribution in [0.4, 0.5) is 0 Å². The molecule has 0 aromatic carbocycles. The fraction of sp³-hybridized carbons (Fsp3) is 0.308. The van der Waals surface area contributed by atoms with Crippen LogP contribution in [-0.4, -0.2) is 40.1 Å². The molecule has 2 aromatic rings. The number of carbonyl (C=O) groups is 1. The van der Waals surface area contributed by atoms with Gasteiger partial charge in [-0.25, -0.2) is 4.79 Å². The van der Waals surface area contributed by atoms with Crippen molar-refractivity contribution in [3.63, 3.8) is 0 Å². The van der Waals surface area contributed by atoms with Crippen LogP contribution in [0.1, 0.15) is 21.7 Å². The van der Waals surface area contributed by atoms with E-state index >= 15 is 0 Å². The lowest BCUT2D eigenvalue weighted by Gasteiger charge is -2.12. The summed E-state index contributed by atoms with van der Waals surface area (Å²) in [5.74, 6) is 0.0851. The van der Waals surface area contributed by atoms with Crippen molar-refractivity contribution < 1.29 is 19.4 Å². The molecule has 0 radical (unpaired) electrons. The minimum absolute atomic E-state index is 0.173. The third kappa shape index (κ3) is 2.42. The predicted octanol–water partition coefficient (Wildman–Crippen LogP) is 1.35. The zero-order valence-electron chi connectivity index (χ0n) is 11.5. The van der Waals surface area contributed by atoms with E-state index in [0.29, 0.717) is 29.4 Å². The number of hydrogen-bond donors (Lipinski definition) is 1. The first kappa shape index (κ1) is 13.9. The van der Waals surface area contributed by atoms with Gasteiger partial charge in [-0.2, -0.15) is 5.10 Å². The minimum Gasteiger partial charge on any atom is -0.493 e. The van der Waals surface area contributed by atoms with Crippen LogP contribution in [0.25, 0.3) is 0 Å². The molecule has 20 heavy (non-hydrogen) atoms. The predicted molar refractivity (Wildman–Crippen MR) is 70.4 cm³/mol. The average molecular weight is 277 g/mol. The Morgan fingerprint density at radius 1 is 1.40 bits per heavy atom. The van der Waals surface area contributed by atoms with Gasteiger partial charge in [0.15, 0.2) is 11.5 Å². The van der Waals surface area contributed by atoms with E-state index in [1.807, 2.05) is 0 Å². The number of aromatic carboxylic acids is 1. The van der Waals surface area contributed by atoms with Crippen LogP contribution in [0.5, 0.6) is 11.5 Å². The van der Waals surface area contributed by atoms with Crippen LogP contribution in [0.2, 0.25) is 0 Å². The van der Waals surface area contributed by atoms with Crippen LogP contribution in [-0.2, 0) is 6.54 Å². The van der Waals surface area contributed by atoms with E-state index < -0.39 is 5.97 Å². The van der Waals surface area contributed by atoms with Gasteiger partial charge in [-0.1, -0.05) is 0 Å². The Kier molecular flexibility index (Phi) is 3.88. The Bertz CT molecular complexity index is 637. The Morgan fingerprint density at radius 3 is 2.70 bits per heavy atom. The van der Waals surface area contributed by atoms with Crippen LogP contribution in [0.3, 0.4) is 0 Å². The van der Waals surface area contributed by atoms with Crippen molar-refractivity contribution in [2.24, 2.45) is 0 Å². The van der Waals surface area contributed by atoms with Crippen molar-refractivity contribution in [3.05, 3.63) is 35.4 Å². The zero-order chi connectivity index (χ0) is 14.7. The molecule has 7 nitrogen and oxygen atoms in total. The van der Waals surface area contributed by atoms with E-state index in [1.54, 1.807) is 31.0 Å². The molecule has 2 rings (SSSR count). The Labute approximate surface area is 115 Å². The topological polar surface area (TPSA) is 86.5 Å². The molecule has 0 aliphatic carbocycles. The summed E-state index contributed by atoms with van der Waals surface area (Å²) in [6, 6.07) is 1.70. The first-order valence-corrected chi connectivity index (χ1v) is 5.90. The summed E-state index contributed by atoms with van der Waals surface area (Å²) in [5, 5.41) is 13.1. The molecule has 0 amide bonds. The molecule has 0 saturated carbocycles. The monoisotopic (exact) mass is 277 g/mol. The van der Waals surface area contributed by atoms with Crippen molar-refractivity contribution in [1.29, 1.82) is 0 Å². The van der Waals surface area contributed by atoms with E-state index in [0.717, 1.165) is 0 Å². The number of pyridine rings is 1. The van der Waals surface area contributed by atoms with Gasteiger partial charge in [0.2, 0.25) is 0 Å². The Balaban J connectivity index is 2.38. The van der Waals surface area contributed by atoms with Gasteiger partial charge in [0.25, 0.3) is 0 Å². The molecule has 0 bridgehead atoms. The van der Waals surface area contributed by atoms with Gasteiger partial charge in [0.1, 0.15) is 11.3 Å². The lowest BCUT2D eigenvalue weighted by atomic mass is 10.2. The normalized spacial score (nSPS) is 10.3. The second-order valence-corrected chi connectivity index (χ2v) is 4.10. The van der Waals surface area contributed by atoms with Gasteiger partial charge < -0.3 is 14.6 Å². The highest BCUT2D eigenvalue weighted by Crippen LogP contribution is 2.29. The maximum atomic E-state index is 11.0. The quantitative estimate of drug-likeness (QED) is 0.887. The fourth-order valence-electron chi connectivity index (χ4n) is 1.92. The van der Waals surface area contributed by atoms with E-state index in [-0.39, 0.29) is 5.56 Å². The molecule has 106 valence electrons. The number of aromatic nitrogens is 3. The van der Waals surface area contributed by atoms with Gasteiger partial charge in [-0.05, 0) is 6.92 Å². The number of carboxylic acids is 1. The largest absolute Gasteiger partial charge is 0.493 e. The number of nitrogens with zero attached hydrogens (tertiary/aromatic N) is 3. The lowest BCUT2D eigenvalue weighted by molar-refractivity contribution is 0.0696. The van der Waals surface area contributed by atoms with Crippen LogP contribution in [0.15, 0.2) is 18.5 Å². The summed E-state index contributed by atoms with van der Waals surface area (Å²) in [6.07, 6.45) is 2.93. The molecule has 0 aliphatic rings. The van der Waals surface area contributed by atoms with E-state index in [2.05, 4.69) is 10.1 Å². The third-order valence-corrected chi connectivity index (χ3v) is 3.00. The summed E-state index contributed by atoms with van der Waals surface area (Å²) in [6.45, 7) is 2.00. The zero-order valence-corrected chi connectivity index (χ0v) is 11.5. The van der Waals surface area contributed by atoms with Crippen molar-refractivity contribution in [3.8, 4) is 11.5 Å².